The van der Waals surface area contributed by atoms with Crippen molar-refractivity contribution in [3.63, 3.8) is 0 Å². The summed E-state index contributed by atoms with van der Waals surface area (Å²) in [6.45, 7) is 1.90. The minimum absolute atomic E-state index is 0. The average molecular weight is 261 g/mol. The van der Waals surface area contributed by atoms with Crippen LogP contribution in [0.4, 0.5) is 0 Å². The summed E-state index contributed by atoms with van der Waals surface area (Å²) >= 11 is 0. The predicted octanol–water partition coefficient (Wildman–Crippen LogP) is -3.80. The standard InChI is InChI=1S/C5H12O3S.C3H5NO2.Na/c1-2-3-4-5-9(6,7)8;5-1-2-3(6)4-2;/h2-5H2,1H3,(H,6,7,8);2,5H,1H2,(H,4,6);/q;;+1/p-1. The molecular formula is C8H16NNaO5S. The largest absolute Gasteiger partial charge is 1.00 e. The van der Waals surface area contributed by atoms with Gasteiger partial charge in [-0.15, -0.1) is 0 Å². The Hall–Kier alpha value is 0.340. The van der Waals surface area contributed by atoms with Crippen molar-refractivity contribution in [2.75, 3.05) is 12.4 Å². The first-order chi connectivity index (χ1) is 6.90. The van der Waals surface area contributed by atoms with E-state index >= 15 is 0 Å². The number of hydrogen-bond acceptors (Lipinski definition) is 5. The Kier molecular flexibility index (Phi) is 11.0. The molecule has 1 aliphatic heterocycles. The van der Waals surface area contributed by atoms with E-state index in [0.29, 0.717) is 6.42 Å². The van der Waals surface area contributed by atoms with E-state index in [1.165, 1.54) is 0 Å². The normalized spacial score (nSPS) is 17.7. The molecule has 1 atom stereocenters. The molecule has 90 valence electrons. The van der Waals surface area contributed by atoms with E-state index in [-0.39, 0.29) is 53.9 Å². The number of unbranched alkanes of at least 4 members (excludes halogenated alkanes) is 2. The fourth-order valence-electron chi connectivity index (χ4n) is 0.787. The van der Waals surface area contributed by atoms with E-state index in [4.69, 9.17) is 5.11 Å². The van der Waals surface area contributed by atoms with Gasteiger partial charge in [-0.1, -0.05) is 19.8 Å². The zero-order valence-electron chi connectivity index (χ0n) is 9.60. The first-order valence-corrected chi connectivity index (χ1v) is 6.33. The van der Waals surface area contributed by atoms with Gasteiger partial charge in [-0.25, -0.2) is 8.42 Å². The van der Waals surface area contributed by atoms with Crippen molar-refractivity contribution >= 4 is 16.0 Å². The average Bonchev–Trinajstić information content (AvgIpc) is 2.81. The third-order valence-electron chi connectivity index (χ3n) is 1.73. The summed E-state index contributed by atoms with van der Waals surface area (Å²) in [6.07, 6.45) is 2.26. The van der Waals surface area contributed by atoms with Gasteiger partial charge in [0.25, 0.3) is 0 Å². The van der Waals surface area contributed by atoms with Gasteiger partial charge in [-0.3, -0.25) is 4.79 Å². The number of rotatable bonds is 5. The van der Waals surface area contributed by atoms with Crippen LogP contribution in [0.2, 0.25) is 0 Å². The molecule has 8 heteroatoms. The van der Waals surface area contributed by atoms with Crippen LogP contribution in [-0.2, 0) is 14.9 Å². The van der Waals surface area contributed by atoms with Gasteiger partial charge in [0.2, 0.25) is 5.91 Å². The van der Waals surface area contributed by atoms with Gasteiger partial charge in [0, 0.05) is 5.75 Å². The number of carbonyl (C=O) groups excluding carboxylic acids is 1. The van der Waals surface area contributed by atoms with Gasteiger partial charge < -0.3 is 15.0 Å². The number of carbonyl (C=O) groups is 1. The quantitative estimate of drug-likeness (QED) is 0.228. The van der Waals surface area contributed by atoms with Crippen LogP contribution in [0.3, 0.4) is 0 Å². The first-order valence-electron chi connectivity index (χ1n) is 4.75. The smallest absolute Gasteiger partial charge is 0.748 e. The molecular weight excluding hydrogens is 245 g/mol. The molecule has 1 fully saturated rings. The summed E-state index contributed by atoms with van der Waals surface area (Å²) in [7, 11) is -3.95. The molecule has 0 saturated carbocycles. The summed E-state index contributed by atoms with van der Waals surface area (Å²) < 4.78 is 29.9. The molecule has 0 radical (unpaired) electrons. The summed E-state index contributed by atoms with van der Waals surface area (Å²) in [5.74, 6) is -0.251. The van der Waals surface area contributed by atoms with E-state index in [9.17, 15) is 17.8 Å². The van der Waals surface area contributed by atoms with Gasteiger partial charge in [0.15, 0.2) is 0 Å². The van der Waals surface area contributed by atoms with Crippen molar-refractivity contribution in [3.05, 3.63) is 0 Å². The Balaban J connectivity index is 0. The Morgan fingerprint density at radius 1 is 1.44 bits per heavy atom. The van der Waals surface area contributed by atoms with Gasteiger partial charge >= 0.3 is 29.6 Å². The zero-order valence-corrected chi connectivity index (χ0v) is 12.4. The minimum atomic E-state index is -3.95. The number of hydrogen-bond donors (Lipinski definition) is 2. The topological polar surface area (TPSA) is 116 Å². The maximum atomic E-state index is 9.95. The molecule has 1 unspecified atom stereocenters. The number of nitrogens with one attached hydrogen (secondary N) is 1. The molecule has 0 aromatic rings. The fourth-order valence-corrected chi connectivity index (χ4v) is 1.35. The monoisotopic (exact) mass is 261 g/mol. The van der Waals surface area contributed by atoms with Crippen LogP contribution in [0.1, 0.15) is 26.2 Å². The number of amides is 1. The molecule has 1 amide bonds. The van der Waals surface area contributed by atoms with Gasteiger partial charge in [0.1, 0.15) is 6.04 Å². The molecule has 0 aliphatic carbocycles. The van der Waals surface area contributed by atoms with E-state index in [0.717, 1.165) is 12.8 Å². The first kappa shape index (κ1) is 18.7. The summed E-state index contributed by atoms with van der Waals surface area (Å²) in [6, 6.07) is -0.231. The van der Waals surface area contributed by atoms with E-state index in [2.05, 4.69) is 5.32 Å². The van der Waals surface area contributed by atoms with Crippen LogP contribution in [0.25, 0.3) is 0 Å². The van der Waals surface area contributed by atoms with Crippen molar-refractivity contribution in [2.24, 2.45) is 0 Å². The second kappa shape index (κ2) is 9.38. The molecule has 6 nitrogen and oxygen atoms in total. The molecule has 1 rings (SSSR count). The molecule has 0 bridgehead atoms. The van der Waals surface area contributed by atoms with Crippen LogP contribution in [-0.4, -0.2) is 42.4 Å². The van der Waals surface area contributed by atoms with Crippen molar-refractivity contribution in [1.82, 2.24) is 5.32 Å². The summed E-state index contributed by atoms with van der Waals surface area (Å²) in [5, 5.41) is 10.5. The Morgan fingerprint density at radius 3 is 2.12 bits per heavy atom. The Bertz CT molecular complexity index is 293. The molecule has 1 saturated heterocycles. The van der Waals surface area contributed by atoms with Gasteiger partial charge in [-0.2, -0.15) is 0 Å². The second-order valence-corrected chi connectivity index (χ2v) is 4.74. The van der Waals surface area contributed by atoms with Crippen LogP contribution in [0.5, 0.6) is 0 Å². The Labute approximate surface area is 118 Å². The van der Waals surface area contributed by atoms with Crippen LogP contribution in [0.15, 0.2) is 0 Å². The van der Waals surface area contributed by atoms with E-state index < -0.39 is 10.1 Å². The second-order valence-electron chi connectivity index (χ2n) is 3.21. The van der Waals surface area contributed by atoms with Crippen molar-refractivity contribution in [2.45, 2.75) is 32.2 Å². The molecule has 0 aromatic heterocycles. The van der Waals surface area contributed by atoms with Crippen molar-refractivity contribution in [3.8, 4) is 0 Å². The predicted molar refractivity (Wildman–Crippen MR) is 53.1 cm³/mol. The maximum Gasteiger partial charge on any atom is 1.00 e. The van der Waals surface area contributed by atoms with Crippen molar-refractivity contribution < 1.29 is 52.4 Å². The van der Waals surface area contributed by atoms with E-state index in [1.54, 1.807) is 0 Å². The molecule has 1 aliphatic rings. The molecule has 0 aromatic carbocycles. The van der Waals surface area contributed by atoms with Crippen LogP contribution >= 0.6 is 0 Å². The van der Waals surface area contributed by atoms with Crippen molar-refractivity contribution in [1.29, 1.82) is 0 Å². The SMILES string of the molecule is CCCCCS(=O)(=O)[O-].O=C1NC1CO.[Na+]. The summed E-state index contributed by atoms with van der Waals surface area (Å²) in [4.78, 5) is 9.85. The number of aliphatic hydroxyl groups excluding tert-OH is 1. The molecule has 2 N–H and O–H groups in total. The minimum Gasteiger partial charge on any atom is -0.748 e. The molecule has 1 heterocycles. The molecule has 16 heavy (non-hydrogen) atoms. The fraction of sp³-hybridized carbons (Fsp3) is 0.875. The number of aliphatic hydroxyl groups is 1. The maximum absolute atomic E-state index is 9.95. The van der Waals surface area contributed by atoms with Gasteiger partial charge in [-0.05, 0) is 6.42 Å². The van der Waals surface area contributed by atoms with Crippen LogP contribution in [0, 0.1) is 0 Å². The molecule has 0 spiro atoms. The summed E-state index contributed by atoms with van der Waals surface area (Å²) in [5.41, 5.74) is 0. The zero-order chi connectivity index (χ0) is 11.9. The third-order valence-corrected chi connectivity index (χ3v) is 2.52. The third kappa shape index (κ3) is 12.4. The Morgan fingerprint density at radius 2 is 1.94 bits per heavy atom. The van der Waals surface area contributed by atoms with Gasteiger partial charge in [0.05, 0.1) is 16.7 Å². The van der Waals surface area contributed by atoms with Crippen LogP contribution < -0.4 is 34.9 Å². The van der Waals surface area contributed by atoms with E-state index in [1.807, 2.05) is 6.92 Å².